The van der Waals surface area contributed by atoms with Crippen LogP contribution in [0.25, 0.3) is 0 Å². The molecule has 14 heavy (non-hydrogen) atoms. The first-order valence-electron chi connectivity index (χ1n) is 4.50. The molecule has 1 aromatic heterocycles. The minimum absolute atomic E-state index is 0.0110. The molecule has 74 valence electrons. The Balaban J connectivity index is 2.40. The monoisotopic (exact) mass is 193 g/mol. The van der Waals surface area contributed by atoms with Gasteiger partial charge in [0.1, 0.15) is 0 Å². The Morgan fingerprint density at radius 1 is 1.57 bits per heavy atom. The van der Waals surface area contributed by atoms with Crippen molar-refractivity contribution in [2.45, 2.75) is 18.8 Å². The Labute approximate surface area is 81.5 Å². The SMILES string of the molecule is COc1ccc(C2CC2)nc1C(=O)O. The Morgan fingerprint density at radius 3 is 2.79 bits per heavy atom. The van der Waals surface area contributed by atoms with Gasteiger partial charge in [-0.05, 0) is 25.0 Å². The first-order chi connectivity index (χ1) is 6.72. The number of aromatic carboxylic acids is 1. The Kier molecular flexibility index (Phi) is 2.11. The van der Waals surface area contributed by atoms with E-state index in [0.29, 0.717) is 11.7 Å². The highest BCUT2D eigenvalue weighted by molar-refractivity contribution is 5.88. The van der Waals surface area contributed by atoms with Gasteiger partial charge < -0.3 is 9.84 Å². The number of pyridine rings is 1. The van der Waals surface area contributed by atoms with E-state index in [0.717, 1.165) is 18.5 Å². The zero-order valence-corrected chi connectivity index (χ0v) is 7.86. The fourth-order valence-corrected chi connectivity index (χ4v) is 1.39. The van der Waals surface area contributed by atoms with Gasteiger partial charge in [0.2, 0.25) is 0 Å². The van der Waals surface area contributed by atoms with Crippen LogP contribution >= 0.6 is 0 Å². The molecule has 0 radical (unpaired) electrons. The van der Waals surface area contributed by atoms with Crippen LogP contribution in [0.5, 0.6) is 5.75 Å². The van der Waals surface area contributed by atoms with Gasteiger partial charge in [-0.3, -0.25) is 0 Å². The van der Waals surface area contributed by atoms with Gasteiger partial charge >= 0.3 is 5.97 Å². The molecule has 1 N–H and O–H groups in total. The second-order valence-electron chi connectivity index (χ2n) is 3.37. The maximum Gasteiger partial charge on any atom is 0.358 e. The zero-order valence-electron chi connectivity index (χ0n) is 7.86. The standard InChI is InChI=1S/C10H11NO3/c1-14-8-5-4-7(6-2-3-6)11-9(8)10(12)13/h4-6H,2-3H2,1H3,(H,12,13). The van der Waals surface area contributed by atoms with E-state index in [1.807, 2.05) is 6.07 Å². The average Bonchev–Trinajstić information content (AvgIpc) is 3.00. The van der Waals surface area contributed by atoms with E-state index < -0.39 is 5.97 Å². The van der Waals surface area contributed by atoms with E-state index in [1.54, 1.807) is 6.07 Å². The number of ether oxygens (including phenoxy) is 1. The summed E-state index contributed by atoms with van der Waals surface area (Å²) in [4.78, 5) is 14.9. The highest BCUT2D eigenvalue weighted by Gasteiger charge is 2.26. The lowest BCUT2D eigenvalue weighted by atomic mass is 10.2. The molecular weight excluding hydrogens is 182 g/mol. The van der Waals surface area contributed by atoms with Crippen LogP contribution in [0.15, 0.2) is 12.1 Å². The smallest absolute Gasteiger partial charge is 0.358 e. The molecule has 2 rings (SSSR count). The van der Waals surface area contributed by atoms with Crippen molar-refractivity contribution in [3.63, 3.8) is 0 Å². The molecule has 1 aliphatic carbocycles. The molecule has 1 saturated carbocycles. The Morgan fingerprint density at radius 2 is 2.29 bits per heavy atom. The quantitative estimate of drug-likeness (QED) is 0.793. The van der Waals surface area contributed by atoms with Crippen molar-refractivity contribution in [2.24, 2.45) is 0 Å². The zero-order chi connectivity index (χ0) is 10.1. The number of hydrogen-bond acceptors (Lipinski definition) is 3. The Hall–Kier alpha value is -1.58. The molecule has 1 aliphatic rings. The lowest BCUT2D eigenvalue weighted by Gasteiger charge is -2.05. The molecule has 0 atom stereocenters. The third-order valence-corrected chi connectivity index (χ3v) is 2.30. The van der Waals surface area contributed by atoms with Gasteiger partial charge in [-0.1, -0.05) is 0 Å². The molecule has 4 nitrogen and oxygen atoms in total. The summed E-state index contributed by atoms with van der Waals surface area (Å²) in [5.74, 6) is -0.259. The van der Waals surface area contributed by atoms with Gasteiger partial charge in [0.05, 0.1) is 7.11 Å². The van der Waals surface area contributed by atoms with Gasteiger partial charge in [-0.25, -0.2) is 9.78 Å². The van der Waals surface area contributed by atoms with E-state index in [9.17, 15) is 4.79 Å². The second-order valence-corrected chi connectivity index (χ2v) is 3.37. The lowest BCUT2D eigenvalue weighted by Crippen LogP contribution is -2.05. The fraction of sp³-hybridized carbons (Fsp3) is 0.400. The van der Waals surface area contributed by atoms with Crippen molar-refractivity contribution in [1.82, 2.24) is 4.98 Å². The van der Waals surface area contributed by atoms with Crippen LogP contribution in [0.2, 0.25) is 0 Å². The van der Waals surface area contributed by atoms with Crippen molar-refractivity contribution in [1.29, 1.82) is 0 Å². The summed E-state index contributed by atoms with van der Waals surface area (Å²) >= 11 is 0. The number of rotatable bonds is 3. The van der Waals surface area contributed by atoms with Crippen LogP contribution in [0.4, 0.5) is 0 Å². The van der Waals surface area contributed by atoms with E-state index in [2.05, 4.69) is 4.98 Å². The summed E-state index contributed by atoms with van der Waals surface area (Å²) in [5.41, 5.74) is 0.875. The molecule has 0 bridgehead atoms. The minimum Gasteiger partial charge on any atom is -0.494 e. The molecule has 0 aromatic carbocycles. The summed E-state index contributed by atoms with van der Waals surface area (Å²) in [6.45, 7) is 0. The molecule has 4 heteroatoms. The highest BCUT2D eigenvalue weighted by atomic mass is 16.5. The van der Waals surface area contributed by atoms with Crippen molar-refractivity contribution < 1.29 is 14.6 Å². The number of methoxy groups -OCH3 is 1. The maximum atomic E-state index is 10.8. The molecule has 0 aliphatic heterocycles. The summed E-state index contributed by atoms with van der Waals surface area (Å²) in [6.07, 6.45) is 2.22. The van der Waals surface area contributed by atoms with Crippen LogP contribution in [0.1, 0.15) is 34.9 Å². The number of hydrogen-bond donors (Lipinski definition) is 1. The first-order valence-corrected chi connectivity index (χ1v) is 4.50. The molecule has 1 aromatic rings. The van der Waals surface area contributed by atoms with Gasteiger partial charge in [0.15, 0.2) is 11.4 Å². The molecular formula is C10H11NO3. The molecule has 0 spiro atoms. The first kappa shape index (κ1) is 8.99. The van der Waals surface area contributed by atoms with Crippen LogP contribution in [-0.4, -0.2) is 23.2 Å². The van der Waals surface area contributed by atoms with Crippen LogP contribution in [-0.2, 0) is 0 Å². The van der Waals surface area contributed by atoms with E-state index >= 15 is 0 Å². The molecule has 0 unspecified atom stereocenters. The predicted molar refractivity (Wildman–Crippen MR) is 49.7 cm³/mol. The van der Waals surface area contributed by atoms with Crippen LogP contribution in [0.3, 0.4) is 0 Å². The largest absolute Gasteiger partial charge is 0.494 e. The Bertz CT molecular complexity index is 372. The third-order valence-electron chi connectivity index (χ3n) is 2.30. The van der Waals surface area contributed by atoms with Crippen molar-refractivity contribution in [3.05, 3.63) is 23.5 Å². The molecule has 1 heterocycles. The number of carbonyl (C=O) groups is 1. The summed E-state index contributed by atoms with van der Waals surface area (Å²) in [7, 11) is 1.44. The van der Waals surface area contributed by atoms with Gasteiger partial charge in [-0.15, -0.1) is 0 Å². The van der Waals surface area contributed by atoms with Crippen molar-refractivity contribution in [2.75, 3.05) is 7.11 Å². The van der Waals surface area contributed by atoms with Gasteiger partial charge in [0, 0.05) is 11.6 Å². The number of carboxylic acids is 1. The van der Waals surface area contributed by atoms with Gasteiger partial charge in [-0.2, -0.15) is 0 Å². The number of nitrogens with zero attached hydrogens (tertiary/aromatic N) is 1. The van der Waals surface area contributed by atoms with Gasteiger partial charge in [0.25, 0.3) is 0 Å². The third kappa shape index (κ3) is 1.55. The highest BCUT2D eigenvalue weighted by Crippen LogP contribution is 2.39. The predicted octanol–water partition coefficient (Wildman–Crippen LogP) is 1.67. The average molecular weight is 193 g/mol. The summed E-state index contributed by atoms with van der Waals surface area (Å²) in [5, 5.41) is 8.88. The van der Waals surface area contributed by atoms with Crippen LogP contribution in [0, 0.1) is 0 Å². The van der Waals surface area contributed by atoms with E-state index in [1.165, 1.54) is 7.11 Å². The fourth-order valence-electron chi connectivity index (χ4n) is 1.39. The van der Waals surface area contributed by atoms with E-state index in [4.69, 9.17) is 9.84 Å². The normalized spacial score (nSPS) is 15.2. The molecule has 0 saturated heterocycles. The number of aromatic nitrogens is 1. The second kappa shape index (κ2) is 3.29. The van der Waals surface area contributed by atoms with Crippen molar-refractivity contribution >= 4 is 5.97 Å². The van der Waals surface area contributed by atoms with Crippen LogP contribution < -0.4 is 4.74 Å². The number of carboxylic acid groups (broad SMARTS) is 1. The minimum atomic E-state index is -1.04. The summed E-state index contributed by atoms with van der Waals surface area (Å²) < 4.78 is 4.92. The maximum absolute atomic E-state index is 10.8. The van der Waals surface area contributed by atoms with Crippen molar-refractivity contribution in [3.8, 4) is 5.75 Å². The van der Waals surface area contributed by atoms with E-state index in [-0.39, 0.29) is 5.69 Å². The molecule has 1 fully saturated rings. The topological polar surface area (TPSA) is 59.4 Å². The molecule has 0 amide bonds. The lowest BCUT2D eigenvalue weighted by molar-refractivity contribution is 0.0686. The summed E-state index contributed by atoms with van der Waals surface area (Å²) in [6, 6.07) is 3.51.